The Hall–Kier alpha value is -3.35. The van der Waals surface area contributed by atoms with Crippen LogP contribution in [-0.2, 0) is 11.2 Å². The summed E-state index contributed by atoms with van der Waals surface area (Å²) in [6, 6.07) is 12.5. The van der Waals surface area contributed by atoms with Crippen molar-refractivity contribution in [3.8, 4) is 0 Å². The van der Waals surface area contributed by atoms with Gasteiger partial charge in [-0.25, -0.2) is 13.2 Å². The van der Waals surface area contributed by atoms with Crippen molar-refractivity contribution < 1.29 is 22.8 Å². The number of hydrogen-bond acceptors (Lipinski definition) is 2. The van der Waals surface area contributed by atoms with Crippen LogP contribution in [0.5, 0.6) is 0 Å². The Morgan fingerprint density at radius 2 is 1.59 bits per heavy atom. The van der Waals surface area contributed by atoms with E-state index in [0.717, 1.165) is 16.3 Å². The van der Waals surface area contributed by atoms with Crippen LogP contribution in [0.4, 0.5) is 13.2 Å². The third-order valence-electron chi connectivity index (χ3n) is 4.19. The van der Waals surface area contributed by atoms with Crippen LogP contribution < -0.4 is 11.1 Å². The number of nitrogens with one attached hydrogen (secondary N) is 1. The van der Waals surface area contributed by atoms with E-state index in [0.29, 0.717) is 12.1 Å². The van der Waals surface area contributed by atoms with Gasteiger partial charge in [0.1, 0.15) is 29.1 Å². The van der Waals surface area contributed by atoms with Crippen molar-refractivity contribution in [3.63, 3.8) is 0 Å². The Morgan fingerprint density at radius 3 is 2.26 bits per heavy atom. The third kappa shape index (κ3) is 3.92. The minimum absolute atomic E-state index is 0.0346. The fourth-order valence-corrected chi connectivity index (χ4v) is 2.90. The molecule has 0 fully saturated rings. The largest absolute Gasteiger partial charge is 0.368 e. The molecule has 3 rings (SSSR count). The molecule has 0 saturated heterocycles. The minimum Gasteiger partial charge on any atom is -0.368 e. The first-order chi connectivity index (χ1) is 12.9. The van der Waals surface area contributed by atoms with E-state index < -0.39 is 40.9 Å². The topological polar surface area (TPSA) is 72.2 Å². The second kappa shape index (κ2) is 7.49. The highest BCUT2D eigenvalue weighted by Gasteiger charge is 2.25. The van der Waals surface area contributed by atoms with E-state index in [2.05, 4.69) is 5.32 Å². The lowest BCUT2D eigenvalue weighted by Crippen LogP contribution is -2.46. The first kappa shape index (κ1) is 18.4. The molecule has 0 radical (unpaired) electrons. The summed E-state index contributed by atoms with van der Waals surface area (Å²) < 4.78 is 40.6. The predicted octanol–water partition coefficient (Wildman–Crippen LogP) is 3.08. The van der Waals surface area contributed by atoms with Crippen molar-refractivity contribution in [2.75, 3.05) is 0 Å². The van der Waals surface area contributed by atoms with Gasteiger partial charge in [0.25, 0.3) is 5.91 Å². The minimum atomic E-state index is -1.36. The molecule has 2 amide bonds. The Kier molecular flexibility index (Phi) is 5.12. The first-order valence-electron chi connectivity index (χ1n) is 8.08. The zero-order valence-corrected chi connectivity index (χ0v) is 14.0. The molecule has 3 aromatic rings. The molecule has 0 saturated carbocycles. The van der Waals surface area contributed by atoms with Gasteiger partial charge in [-0.2, -0.15) is 0 Å². The molecule has 0 aliphatic rings. The average molecular weight is 372 g/mol. The first-order valence-corrected chi connectivity index (χ1v) is 8.08. The van der Waals surface area contributed by atoms with E-state index in [9.17, 15) is 22.8 Å². The zero-order chi connectivity index (χ0) is 19.6. The lowest BCUT2D eigenvalue weighted by Gasteiger charge is -2.17. The van der Waals surface area contributed by atoms with E-state index >= 15 is 0 Å². The predicted molar refractivity (Wildman–Crippen MR) is 94.4 cm³/mol. The van der Waals surface area contributed by atoms with Crippen molar-refractivity contribution in [2.45, 2.75) is 12.5 Å². The fourth-order valence-electron chi connectivity index (χ4n) is 2.90. The monoisotopic (exact) mass is 372 g/mol. The van der Waals surface area contributed by atoms with E-state index in [-0.39, 0.29) is 6.42 Å². The van der Waals surface area contributed by atoms with Crippen molar-refractivity contribution >= 4 is 22.6 Å². The van der Waals surface area contributed by atoms with Crippen LogP contribution in [0.1, 0.15) is 15.9 Å². The number of nitrogens with two attached hydrogens (primary N) is 1. The summed E-state index contributed by atoms with van der Waals surface area (Å²) in [6.45, 7) is 0. The maximum atomic E-state index is 13.8. The van der Waals surface area contributed by atoms with Crippen molar-refractivity contribution in [1.29, 1.82) is 0 Å². The molecule has 0 bridgehead atoms. The summed E-state index contributed by atoms with van der Waals surface area (Å²) in [4.78, 5) is 24.0. The van der Waals surface area contributed by atoms with Gasteiger partial charge in [-0.15, -0.1) is 0 Å². The van der Waals surface area contributed by atoms with Gasteiger partial charge >= 0.3 is 0 Å². The smallest absolute Gasteiger partial charge is 0.257 e. The molecule has 0 aliphatic carbocycles. The van der Waals surface area contributed by atoms with Gasteiger partial charge in [0.05, 0.1) is 0 Å². The van der Waals surface area contributed by atoms with Gasteiger partial charge in [0.2, 0.25) is 5.91 Å². The molecule has 0 heterocycles. The third-order valence-corrected chi connectivity index (χ3v) is 4.19. The highest BCUT2D eigenvalue weighted by molar-refractivity contribution is 5.98. The van der Waals surface area contributed by atoms with E-state index in [4.69, 9.17) is 5.73 Å². The SMILES string of the molecule is NC(=O)[C@@H](Cc1cccc2ccccc12)NC(=O)c1c(F)cc(F)cc1F. The molecule has 7 heteroatoms. The van der Waals surface area contributed by atoms with Gasteiger partial charge in [0.15, 0.2) is 0 Å². The summed E-state index contributed by atoms with van der Waals surface area (Å²) in [5.74, 6) is -5.92. The van der Waals surface area contributed by atoms with Crippen LogP contribution in [-0.4, -0.2) is 17.9 Å². The molecular weight excluding hydrogens is 357 g/mol. The summed E-state index contributed by atoms with van der Waals surface area (Å²) in [6.07, 6.45) is 0.0346. The summed E-state index contributed by atoms with van der Waals surface area (Å²) in [5.41, 5.74) is 5.12. The van der Waals surface area contributed by atoms with Crippen molar-refractivity contribution in [2.24, 2.45) is 5.73 Å². The lowest BCUT2D eigenvalue weighted by molar-refractivity contribution is -0.119. The lowest BCUT2D eigenvalue weighted by atomic mass is 9.98. The molecule has 1 atom stereocenters. The quantitative estimate of drug-likeness (QED) is 0.723. The maximum Gasteiger partial charge on any atom is 0.257 e. The summed E-state index contributed by atoms with van der Waals surface area (Å²) >= 11 is 0. The number of carbonyl (C=O) groups is 2. The highest BCUT2D eigenvalue weighted by Crippen LogP contribution is 2.20. The van der Waals surface area contributed by atoms with Crippen LogP contribution in [0.2, 0.25) is 0 Å². The molecule has 4 nitrogen and oxygen atoms in total. The highest BCUT2D eigenvalue weighted by atomic mass is 19.1. The maximum absolute atomic E-state index is 13.8. The Labute approximate surface area is 152 Å². The number of fused-ring (bicyclic) bond motifs is 1. The second-order valence-corrected chi connectivity index (χ2v) is 6.02. The second-order valence-electron chi connectivity index (χ2n) is 6.02. The molecule has 0 spiro atoms. The van der Waals surface area contributed by atoms with Gasteiger partial charge in [0, 0.05) is 18.6 Å². The number of rotatable bonds is 5. The average Bonchev–Trinajstić information content (AvgIpc) is 2.60. The number of carbonyl (C=O) groups excluding carboxylic acids is 2. The molecule has 0 unspecified atom stereocenters. The van der Waals surface area contributed by atoms with Gasteiger partial charge < -0.3 is 11.1 Å². The molecule has 3 N–H and O–H groups in total. The van der Waals surface area contributed by atoms with Crippen LogP contribution in [0, 0.1) is 17.5 Å². The number of amides is 2. The standard InChI is InChI=1S/C20H15F3N2O2/c21-13-9-15(22)18(16(23)10-13)20(27)25-17(19(24)26)8-12-6-3-5-11-4-1-2-7-14(11)12/h1-7,9-10,17H,8H2,(H2,24,26)(H,25,27)/t17-/m1/s1. The van der Waals surface area contributed by atoms with E-state index in [1.54, 1.807) is 12.1 Å². The molecule has 27 heavy (non-hydrogen) atoms. The van der Waals surface area contributed by atoms with Crippen LogP contribution >= 0.6 is 0 Å². The molecule has 0 aromatic heterocycles. The van der Waals surface area contributed by atoms with Crippen molar-refractivity contribution in [3.05, 3.63) is 83.2 Å². The Bertz CT molecular complexity index is 1010. The zero-order valence-electron chi connectivity index (χ0n) is 14.0. The number of hydrogen-bond donors (Lipinski definition) is 2. The molecule has 3 aromatic carbocycles. The Morgan fingerprint density at radius 1 is 0.963 bits per heavy atom. The number of primary amides is 1. The number of benzene rings is 3. The molecule has 0 aliphatic heterocycles. The summed E-state index contributed by atoms with van der Waals surface area (Å²) in [7, 11) is 0. The number of halogens is 3. The van der Waals surface area contributed by atoms with Crippen molar-refractivity contribution in [1.82, 2.24) is 5.32 Å². The molecule has 138 valence electrons. The normalized spacial score (nSPS) is 12.0. The molecular formula is C20H15F3N2O2. The van der Waals surface area contributed by atoms with Crippen LogP contribution in [0.25, 0.3) is 10.8 Å². The van der Waals surface area contributed by atoms with E-state index in [1.807, 2.05) is 30.3 Å². The van der Waals surface area contributed by atoms with Gasteiger partial charge in [-0.1, -0.05) is 42.5 Å². The van der Waals surface area contributed by atoms with E-state index in [1.165, 1.54) is 0 Å². The van der Waals surface area contributed by atoms with Crippen LogP contribution in [0.3, 0.4) is 0 Å². The fraction of sp³-hybridized carbons (Fsp3) is 0.100. The van der Waals surface area contributed by atoms with Crippen LogP contribution in [0.15, 0.2) is 54.6 Å². The summed E-state index contributed by atoms with van der Waals surface area (Å²) in [5, 5.41) is 4.02. The van der Waals surface area contributed by atoms with Gasteiger partial charge in [-0.05, 0) is 16.3 Å². The van der Waals surface area contributed by atoms with Gasteiger partial charge in [-0.3, -0.25) is 9.59 Å². The Balaban J connectivity index is 1.89.